The van der Waals surface area contributed by atoms with Crippen LogP contribution in [-0.2, 0) is 4.79 Å². The smallest absolute Gasteiger partial charge is 0.270 e. The van der Waals surface area contributed by atoms with Crippen molar-refractivity contribution in [2.45, 2.75) is 38.9 Å². The lowest BCUT2D eigenvalue weighted by atomic mass is 9.99. The Morgan fingerprint density at radius 1 is 1.38 bits per heavy atom. The number of aliphatic imine (C=N–C) groups is 1. The first kappa shape index (κ1) is 22.0. The second-order valence-corrected chi connectivity index (χ2v) is 8.55. The molecule has 0 saturated carbocycles. The quantitative estimate of drug-likeness (QED) is 0.577. The number of anilines is 1. The monoisotopic (exact) mass is 482 g/mol. The number of carbonyl (C=O) groups excluding carboxylic acids is 2. The molecule has 1 aromatic heterocycles. The lowest BCUT2D eigenvalue weighted by Crippen LogP contribution is -2.53. The van der Waals surface area contributed by atoms with Gasteiger partial charge < -0.3 is 19.9 Å². The molecule has 0 radical (unpaired) electrons. The number of carbonyl (C=O) groups is 2. The largest absolute Gasteiger partial charge is 0.487 e. The number of amides is 2. The molecule has 3 heterocycles. The predicted octanol–water partition coefficient (Wildman–Crippen LogP) is 3.28. The van der Waals surface area contributed by atoms with Crippen LogP contribution in [0.1, 0.15) is 41.8 Å². The zero-order valence-electron chi connectivity index (χ0n) is 18.4. The van der Waals surface area contributed by atoms with Crippen LogP contribution >= 0.6 is 11.6 Å². The molecule has 1 aliphatic carbocycles. The molecule has 3 aliphatic rings. The summed E-state index contributed by atoms with van der Waals surface area (Å²) < 4.78 is 10.9. The molecule has 1 aromatic carbocycles. The number of halogens is 1. The van der Waals surface area contributed by atoms with E-state index in [2.05, 4.69) is 32.3 Å². The van der Waals surface area contributed by atoms with Crippen molar-refractivity contribution in [2.24, 2.45) is 4.99 Å². The van der Waals surface area contributed by atoms with Crippen LogP contribution in [0.15, 0.2) is 57.2 Å². The van der Waals surface area contributed by atoms with Gasteiger partial charge in [-0.15, -0.1) is 0 Å². The van der Waals surface area contributed by atoms with Gasteiger partial charge in [0, 0.05) is 12.1 Å². The predicted molar refractivity (Wildman–Crippen MR) is 125 cm³/mol. The number of amidine groups is 1. The van der Waals surface area contributed by atoms with E-state index in [9.17, 15) is 9.59 Å². The van der Waals surface area contributed by atoms with E-state index in [0.717, 1.165) is 30.7 Å². The first-order valence-electron chi connectivity index (χ1n) is 11.0. The van der Waals surface area contributed by atoms with Gasteiger partial charge in [0.1, 0.15) is 29.5 Å². The molecule has 2 amide bonds. The average molecular weight is 483 g/mol. The van der Waals surface area contributed by atoms with Gasteiger partial charge in [-0.3, -0.25) is 15.0 Å². The fourth-order valence-corrected chi connectivity index (χ4v) is 4.23. The van der Waals surface area contributed by atoms with Gasteiger partial charge in [-0.1, -0.05) is 28.9 Å². The van der Waals surface area contributed by atoms with Crippen molar-refractivity contribution in [3.63, 3.8) is 0 Å². The zero-order valence-corrected chi connectivity index (χ0v) is 19.2. The summed E-state index contributed by atoms with van der Waals surface area (Å²) in [4.78, 5) is 30.1. The number of hydrazine groups is 1. The number of nitrogens with zero attached hydrogens (tertiary/aromatic N) is 3. The normalized spacial score (nSPS) is 19.4. The fourth-order valence-electron chi connectivity index (χ4n) is 3.98. The lowest BCUT2D eigenvalue weighted by molar-refractivity contribution is -0.131. The summed E-state index contributed by atoms with van der Waals surface area (Å²) in [6.07, 6.45) is 7.30. The summed E-state index contributed by atoms with van der Waals surface area (Å²) in [7, 11) is 0. The molecule has 5 rings (SSSR count). The molecule has 0 bridgehead atoms. The number of aromatic nitrogens is 1. The molecule has 1 atom stereocenters. The molecule has 2 aromatic rings. The highest BCUT2D eigenvalue weighted by Gasteiger charge is 2.35. The van der Waals surface area contributed by atoms with Crippen molar-refractivity contribution in [1.82, 2.24) is 20.9 Å². The summed E-state index contributed by atoms with van der Waals surface area (Å²) in [6.45, 7) is 1.74. The van der Waals surface area contributed by atoms with Gasteiger partial charge in [0.15, 0.2) is 5.82 Å². The summed E-state index contributed by atoms with van der Waals surface area (Å²) in [5, 5.41) is 11.3. The van der Waals surface area contributed by atoms with Gasteiger partial charge in [-0.2, -0.15) is 0 Å². The van der Waals surface area contributed by atoms with Crippen molar-refractivity contribution >= 4 is 35.1 Å². The van der Waals surface area contributed by atoms with E-state index in [1.807, 2.05) is 0 Å². The molecule has 3 N–H and O–H groups in total. The van der Waals surface area contributed by atoms with Gasteiger partial charge >= 0.3 is 0 Å². The summed E-state index contributed by atoms with van der Waals surface area (Å²) in [6, 6.07) is 6.50. The second-order valence-electron chi connectivity index (χ2n) is 8.14. The van der Waals surface area contributed by atoms with Crippen LogP contribution in [-0.4, -0.2) is 40.7 Å². The number of allylic oxidation sites excluding steroid dienone is 1. The van der Waals surface area contributed by atoms with Crippen molar-refractivity contribution in [3.8, 4) is 5.75 Å². The number of benzene rings is 1. The Balaban J connectivity index is 1.28. The van der Waals surface area contributed by atoms with Crippen LogP contribution in [0.2, 0.25) is 5.02 Å². The molecule has 176 valence electrons. The molecule has 0 spiro atoms. The summed E-state index contributed by atoms with van der Waals surface area (Å²) in [5.41, 5.74) is 4.92. The third-order valence-electron chi connectivity index (χ3n) is 5.62. The number of hydrogen-bond acceptors (Lipinski definition) is 8. The van der Waals surface area contributed by atoms with Crippen LogP contribution in [0.4, 0.5) is 5.82 Å². The molecule has 34 heavy (non-hydrogen) atoms. The van der Waals surface area contributed by atoms with Crippen LogP contribution in [0.5, 0.6) is 5.75 Å². The van der Waals surface area contributed by atoms with Gasteiger partial charge in [-0.05, 0) is 50.3 Å². The van der Waals surface area contributed by atoms with Gasteiger partial charge in [0.05, 0.1) is 10.7 Å². The van der Waals surface area contributed by atoms with Crippen molar-refractivity contribution in [3.05, 3.63) is 64.0 Å². The van der Waals surface area contributed by atoms with Crippen molar-refractivity contribution in [1.29, 1.82) is 0 Å². The number of hydrogen-bond donors (Lipinski definition) is 3. The third kappa shape index (κ3) is 4.49. The lowest BCUT2D eigenvalue weighted by Gasteiger charge is -2.29. The highest BCUT2D eigenvalue weighted by molar-refractivity contribution is 6.34. The van der Waals surface area contributed by atoms with Crippen LogP contribution in [0.3, 0.4) is 0 Å². The molecular weight excluding hydrogens is 460 g/mol. The van der Waals surface area contributed by atoms with Crippen LogP contribution in [0, 0.1) is 6.92 Å². The van der Waals surface area contributed by atoms with Gasteiger partial charge in [-0.25, -0.2) is 10.0 Å². The van der Waals surface area contributed by atoms with E-state index in [1.54, 1.807) is 31.2 Å². The maximum absolute atomic E-state index is 12.8. The summed E-state index contributed by atoms with van der Waals surface area (Å²) in [5.74, 6) is 1.10. The van der Waals surface area contributed by atoms with E-state index in [0.29, 0.717) is 11.5 Å². The molecule has 0 fully saturated rings. The maximum Gasteiger partial charge on any atom is 0.270 e. The molecule has 11 heteroatoms. The molecule has 1 unspecified atom stereocenters. The minimum atomic E-state index is -0.563. The zero-order chi connectivity index (χ0) is 23.7. The number of fused-ring (bicyclic) bond motifs is 1. The molecule has 0 saturated heterocycles. The Kier molecular flexibility index (Phi) is 5.97. The Morgan fingerprint density at radius 3 is 3.03 bits per heavy atom. The molecule has 2 aliphatic heterocycles. The highest BCUT2D eigenvalue weighted by atomic mass is 35.5. The van der Waals surface area contributed by atoms with Crippen molar-refractivity contribution in [2.75, 3.05) is 11.9 Å². The van der Waals surface area contributed by atoms with Crippen LogP contribution < -0.4 is 20.8 Å². The molecular formula is C23H23ClN6O4. The average Bonchev–Trinajstić information content (AvgIpc) is 3.44. The number of rotatable bonds is 6. The maximum atomic E-state index is 12.8. The van der Waals surface area contributed by atoms with E-state index in [1.165, 1.54) is 17.5 Å². The van der Waals surface area contributed by atoms with Gasteiger partial charge in [0.2, 0.25) is 6.29 Å². The van der Waals surface area contributed by atoms with E-state index < -0.39 is 12.2 Å². The number of aryl methyl sites for hydroxylation is 1. The minimum Gasteiger partial charge on any atom is -0.487 e. The minimum absolute atomic E-state index is 0.0212. The van der Waals surface area contributed by atoms with E-state index >= 15 is 0 Å². The third-order valence-corrected chi connectivity index (χ3v) is 5.94. The van der Waals surface area contributed by atoms with Crippen LogP contribution in [0.25, 0.3) is 0 Å². The second kappa shape index (κ2) is 9.22. The SMILES string of the molecule is Cc1cc(NC(=O)c2c(Cl)cccc2OCC2=CC(=O)N3NC(C4=CCCCC4)=NC3N2)no1. The first-order valence-corrected chi connectivity index (χ1v) is 11.4. The van der Waals surface area contributed by atoms with E-state index in [4.69, 9.17) is 20.9 Å². The fraction of sp³-hybridized carbons (Fsp3) is 0.304. The Morgan fingerprint density at radius 2 is 2.26 bits per heavy atom. The Bertz CT molecular complexity index is 1230. The number of nitrogens with one attached hydrogen (secondary N) is 3. The van der Waals surface area contributed by atoms with E-state index in [-0.39, 0.29) is 34.7 Å². The first-order chi connectivity index (χ1) is 16.5. The standard InChI is InChI=1S/C23H23ClN6O4/c1-13-10-18(29-34-13)26-22(32)20-16(24)8-5-9-17(20)33-12-15-11-19(31)30-23(25-15)27-21(28-30)14-6-3-2-4-7-14/h5-6,8-11,23,25H,2-4,7,12H2,1H3,(H,27,28)(H,26,29,32). The summed E-state index contributed by atoms with van der Waals surface area (Å²) >= 11 is 6.30. The Hall–Kier alpha value is -3.79. The topological polar surface area (TPSA) is 121 Å². The number of ether oxygens (including phenoxy) is 1. The highest BCUT2D eigenvalue weighted by Crippen LogP contribution is 2.28. The van der Waals surface area contributed by atoms with Crippen molar-refractivity contribution < 1.29 is 18.8 Å². The van der Waals surface area contributed by atoms with Gasteiger partial charge in [0.25, 0.3) is 11.8 Å². The molecule has 10 nitrogen and oxygen atoms in total. The Labute approximate surface area is 200 Å².